The van der Waals surface area contributed by atoms with E-state index in [2.05, 4.69) is 19.1 Å². The lowest BCUT2D eigenvalue weighted by atomic mass is 10.1. The van der Waals surface area contributed by atoms with E-state index >= 15 is 0 Å². The Bertz CT molecular complexity index is 411. The van der Waals surface area contributed by atoms with E-state index in [4.69, 9.17) is 5.73 Å². The predicted octanol–water partition coefficient (Wildman–Crippen LogP) is 2.22. The first kappa shape index (κ1) is 13.1. The molecule has 1 saturated carbocycles. The fourth-order valence-corrected chi connectivity index (χ4v) is 2.73. The molecule has 1 aliphatic carbocycles. The summed E-state index contributed by atoms with van der Waals surface area (Å²) in [6.07, 6.45) is 4.70. The van der Waals surface area contributed by atoms with Gasteiger partial charge in [0.05, 0.1) is 6.54 Å². The highest BCUT2D eigenvalue weighted by atomic mass is 16.2. The molecule has 2 N–H and O–H groups in total. The van der Waals surface area contributed by atoms with Crippen molar-refractivity contribution in [3.05, 3.63) is 35.4 Å². The molecule has 98 valence electrons. The third-order valence-corrected chi connectivity index (χ3v) is 3.86. The van der Waals surface area contributed by atoms with Crippen LogP contribution in [0.15, 0.2) is 24.3 Å². The standard InChI is InChI=1S/C15H22N2O/c1-12-6-2-3-7-13(12)11-17(15(18)10-16)14-8-4-5-9-14/h2-3,6-7,14H,4-5,8-11,16H2,1H3. The molecular formula is C15H22N2O. The Morgan fingerprint density at radius 1 is 1.33 bits per heavy atom. The molecule has 1 aromatic rings. The Morgan fingerprint density at radius 2 is 2.00 bits per heavy atom. The zero-order chi connectivity index (χ0) is 13.0. The quantitative estimate of drug-likeness (QED) is 0.885. The first-order valence-electron chi connectivity index (χ1n) is 6.76. The van der Waals surface area contributed by atoms with Crippen LogP contribution in [0.1, 0.15) is 36.8 Å². The van der Waals surface area contributed by atoms with Gasteiger partial charge in [-0.1, -0.05) is 37.1 Å². The van der Waals surface area contributed by atoms with Crippen LogP contribution in [0.4, 0.5) is 0 Å². The molecule has 1 fully saturated rings. The van der Waals surface area contributed by atoms with E-state index < -0.39 is 0 Å². The largest absolute Gasteiger partial charge is 0.334 e. The fraction of sp³-hybridized carbons (Fsp3) is 0.533. The van der Waals surface area contributed by atoms with Gasteiger partial charge in [-0.3, -0.25) is 4.79 Å². The zero-order valence-electron chi connectivity index (χ0n) is 11.1. The number of hydrogen-bond acceptors (Lipinski definition) is 2. The maximum atomic E-state index is 12.0. The molecule has 1 aromatic carbocycles. The summed E-state index contributed by atoms with van der Waals surface area (Å²) < 4.78 is 0. The topological polar surface area (TPSA) is 46.3 Å². The minimum Gasteiger partial charge on any atom is -0.334 e. The van der Waals surface area contributed by atoms with E-state index in [1.54, 1.807) is 0 Å². The summed E-state index contributed by atoms with van der Waals surface area (Å²) in [5, 5.41) is 0. The maximum absolute atomic E-state index is 12.0. The molecule has 3 nitrogen and oxygen atoms in total. The van der Waals surface area contributed by atoms with Gasteiger partial charge in [-0.15, -0.1) is 0 Å². The molecule has 0 bridgehead atoms. The SMILES string of the molecule is Cc1ccccc1CN(C(=O)CN)C1CCCC1. The van der Waals surface area contributed by atoms with Gasteiger partial charge in [0.25, 0.3) is 0 Å². The number of benzene rings is 1. The second-order valence-corrected chi connectivity index (χ2v) is 5.09. The van der Waals surface area contributed by atoms with Gasteiger partial charge in [0, 0.05) is 12.6 Å². The van der Waals surface area contributed by atoms with Crippen LogP contribution in [0.5, 0.6) is 0 Å². The molecule has 3 heteroatoms. The highest BCUT2D eigenvalue weighted by molar-refractivity contribution is 5.78. The minimum absolute atomic E-state index is 0.0742. The Morgan fingerprint density at radius 3 is 2.61 bits per heavy atom. The van der Waals surface area contributed by atoms with E-state index in [-0.39, 0.29) is 12.5 Å². The van der Waals surface area contributed by atoms with E-state index in [1.807, 2.05) is 17.0 Å². The van der Waals surface area contributed by atoms with E-state index in [1.165, 1.54) is 24.0 Å². The van der Waals surface area contributed by atoms with Crippen LogP contribution in [-0.4, -0.2) is 23.4 Å². The molecule has 0 unspecified atom stereocenters. The summed E-state index contributed by atoms with van der Waals surface area (Å²) in [6, 6.07) is 8.64. The van der Waals surface area contributed by atoms with Gasteiger partial charge < -0.3 is 10.6 Å². The predicted molar refractivity (Wildman–Crippen MR) is 73.0 cm³/mol. The zero-order valence-corrected chi connectivity index (χ0v) is 11.1. The molecule has 0 aliphatic heterocycles. The summed E-state index contributed by atoms with van der Waals surface area (Å²) in [5.41, 5.74) is 8.01. The van der Waals surface area contributed by atoms with E-state index in [9.17, 15) is 4.79 Å². The minimum atomic E-state index is 0.0742. The number of carbonyl (C=O) groups is 1. The number of aryl methyl sites for hydroxylation is 1. The lowest BCUT2D eigenvalue weighted by Gasteiger charge is -2.29. The smallest absolute Gasteiger partial charge is 0.236 e. The molecule has 1 aliphatic rings. The second kappa shape index (κ2) is 6.01. The number of carbonyl (C=O) groups excluding carboxylic acids is 1. The Labute approximate surface area is 109 Å². The van der Waals surface area contributed by atoms with Crippen LogP contribution in [0.2, 0.25) is 0 Å². The third kappa shape index (κ3) is 2.91. The van der Waals surface area contributed by atoms with Crippen molar-refractivity contribution in [3.63, 3.8) is 0 Å². The van der Waals surface area contributed by atoms with Crippen molar-refractivity contribution >= 4 is 5.91 Å². The number of amides is 1. The van der Waals surface area contributed by atoms with Crippen molar-refractivity contribution in [2.75, 3.05) is 6.54 Å². The van der Waals surface area contributed by atoms with Crippen molar-refractivity contribution in [1.82, 2.24) is 4.90 Å². The van der Waals surface area contributed by atoms with Gasteiger partial charge >= 0.3 is 0 Å². The number of rotatable bonds is 4. The van der Waals surface area contributed by atoms with Crippen molar-refractivity contribution in [3.8, 4) is 0 Å². The van der Waals surface area contributed by atoms with Crippen LogP contribution >= 0.6 is 0 Å². The van der Waals surface area contributed by atoms with E-state index in [0.717, 1.165) is 12.8 Å². The highest BCUT2D eigenvalue weighted by Gasteiger charge is 2.26. The van der Waals surface area contributed by atoms with Crippen LogP contribution in [0.25, 0.3) is 0 Å². The Kier molecular flexibility index (Phi) is 4.37. The lowest BCUT2D eigenvalue weighted by Crippen LogP contribution is -2.41. The summed E-state index contributed by atoms with van der Waals surface area (Å²) in [5.74, 6) is 0.0742. The highest BCUT2D eigenvalue weighted by Crippen LogP contribution is 2.25. The van der Waals surface area contributed by atoms with Gasteiger partial charge in [-0.25, -0.2) is 0 Å². The van der Waals surface area contributed by atoms with Crippen molar-refractivity contribution in [2.24, 2.45) is 5.73 Å². The van der Waals surface area contributed by atoms with Crippen molar-refractivity contribution in [1.29, 1.82) is 0 Å². The van der Waals surface area contributed by atoms with Gasteiger partial charge in [-0.2, -0.15) is 0 Å². The van der Waals surface area contributed by atoms with E-state index in [0.29, 0.717) is 12.6 Å². The van der Waals surface area contributed by atoms with Crippen molar-refractivity contribution in [2.45, 2.75) is 45.2 Å². The number of nitrogens with two attached hydrogens (primary N) is 1. The second-order valence-electron chi connectivity index (χ2n) is 5.09. The molecule has 0 radical (unpaired) electrons. The molecule has 0 saturated heterocycles. The van der Waals surface area contributed by atoms with Crippen molar-refractivity contribution < 1.29 is 4.79 Å². The normalized spacial score (nSPS) is 15.9. The van der Waals surface area contributed by atoms with Gasteiger partial charge in [0.1, 0.15) is 0 Å². The molecule has 0 spiro atoms. The first-order valence-corrected chi connectivity index (χ1v) is 6.76. The molecule has 0 aromatic heterocycles. The van der Waals surface area contributed by atoms with Gasteiger partial charge in [-0.05, 0) is 30.9 Å². The van der Waals surface area contributed by atoms with Crippen LogP contribution in [0, 0.1) is 6.92 Å². The van der Waals surface area contributed by atoms with Crippen LogP contribution in [0.3, 0.4) is 0 Å². The lowest BCUT2D eigenvalue weighted by molar-refractivity contribution is -0.132. The monoisotopic (exact) mass is 246 g/mol. The van der Waals surface area contributed by atoms with Gasteiger partial charge in [0.15, 0.2) is 0 Å². The summed E-state index contributed by atoms with van der Waals surface area (Å²) in [4.78, 5) is 14.0. The fourth-order valence-electron chi connectivity index (χ4n) is 2.73. The molecule has 0 heterocycles. The molecule has 0 atom stereocenters. The van der Waals surface area contributed by atoms with Crippen LogP contribution < -0.4 is 5.73 Å². The Balaban J connectivity index is 2.14. The number of hydrogen-bond donors (Lipinski definition) is 1. The number of nitrogens with zero attached hydrogens (tertiary/aromatic N) is 1. The van der Waals surface area contributed by atoms with Gasteiger partial charge in [0.2, 0.25) is 5.91 Å². The Hall–Kier alpha value is -1.35. The summed E-state index contributed by atoms with van der Waals surface area (Å²) in [7, 11) is 0. The summed E-state index contributed by atoms with van der Waals surface area (Å²) >= 11 is 0. The maximum Gasteiger partial charge on any atom is 0.236 e. The molecule has 2 rings (SSSR count). The third-order valence-electron chi connectivity index (χ3n) is 3.86. The molecule has 18 heavy (non-hydrogen) atoms. The molecule has 1 amide bonds. The van der Waals surface area contributed by atoms with Crippen LogP contribution in [-0.2, 0) is 11.3 Å². The first-order chi connectivity index (χ1) is 8.72. The average Bonchev–Trinajstić information content (AvgIpc) is 2.90. The summed E-state index contributed by atoms with van der Waals surface area (Å²) in [6.45, 7) is 2.91. The average molecular weight is 246 g/mol. The molecular weight excluding hydrogens is 224 g/mol.